The number of amides is 1. The van der Waals surface area contributed by atoms with Gasteiger partial charge in [-0.25, -0.2) is 9.59 Å². The van der Waals surface area contributed by atoms with E-state index in [1.165, 1.54) is 4.57 Å². The number of benzene rings is 1. The molecule has 2 atom stereocenters. The van der Waals surface area contributed by atoms with Gasteiger partial charge in [-0.05, 0) is 52.3 Å². The van der Waals surface area contributed by atoms with Crippen LogP contribution in [0, 0.1) is 0 Å². The molecule has 1 saturated heterocycles. The van der Waals surface area contributed by atoms with Gasteiger partial charge in [0.1, 0.15) is 5.60 Å². The van der Waals surface area contributed by atoms with Gasteiger partial charge in [-0.1, -0.05) is 6.07 Å². The molecular weight excluding hydrogens is 346 g/mol. The molecule has 0 bridgehead atoms. The Kier molecular flexibility index (Phi) is 5.08. The van der Waals surface area contributed by atoms with Crippen molar-refractivity contribution in [3.63, 3.8) is 0 Å². The Bertz CT molecular complexity index is 893. The largest absolute Gasteiger partial charge is 0.444 e. The van der Waals surface area contributed by atoms with E-state index in [0.717, 1.165) is 24.2 Å². The van der Waals surface area contributed by atoms with Crippen molar-refractivity contribution in [3.8, 4) is 0 Å². The van der Waals surface area contributed by atoms with Crippen molar-refractivity contribution in [2.24, 2.45) is 7.05 Å². The highest BCUT2D eigenvalue weighted by Crippen LogP contribution is 2.23. The average Bonchev–Trinajstić information content (AvgIpc) is 2.84. The monoisotopic (exact) mass is 375 g/mol. The first-order valence-corrected chi connectivity index (χ1v) is 9.39. The van der Waals surface area contributed by atoms with Gasteiger partial charge < -0.3 is 14.1 Å². The molecule has 148 valence electrons. The van der Waals surface area contributed by atoms with Crippen LogP contribution in [0.5, 0.6) is 0 Å². The van der Waals surface area contributed by atoms with E-state index >= 15 is 0 Å². The lowest BCUT2D eigenvalue weighted by atomic mass is 10.0. The van der Waals surface area contributed by atoms with Gasteiger partial charge in [0.25, 0.3) is 0 Å². The molecule has 1 fully saturated rings. The molecule has 1 aromatic carbocycles. The highest BCUT2D eigenvalue weighted by Gasteiger charge is 2.35. The minimum absolute atomic E-state index is 0.0481. The van der Waals surface area contributed by atoms with Gasteiger partial charge in [0.15, 0.2) is 5.58 Å². The average molecular weight is 375 g/mol. The first kappa shape index (κ1) is 19.5. The zero-order valence-electron chi connectivity index (χ0n) is 17.0. The Morgan fingerprint density at radius 2 is 1.93 bits per heavy atom. The van der Waals surface area contributed by atoms with Gasteiger partial charge in [0.2, 0.25) is 0 Å². The zero-order chi connectivity index (χ0) is 19.9. The highest BCUT2D eigenvalue weighted by molar-refractivity contribution is 5.73. The van der Waals surface area contributed by atoms with Crippen molar-refractivity contribution in [1.29, 1.82) is 0 Å². The van der Waals surface area contributed by atoms with Crippen LogP contribution >= 0.6 is 0 Å². The standard InChI is InChI=1S/C20H29N3O4/c1-13-14(2)23(19(25)27-20(3,4)5)10-9-22(13)12-15-7-8-16-17(11-15)26-18(24)21(16)6/h7-8,11,13-14H,9-10,12H2,1-6H3/t13-,14-/m0/s1. The summed E-state index contributed by atoms with van der Waals surface area (Å²) in [5, 5.41) is 0. The van der Waals surface area contributed by atoms with Crippen LogP contribution in [-0.4, -0.2) is 51.2 Å². The predicted octanol–water partition coefficient (Wildman–Crippen LogP) is 2.96. The normalized spacial score (nSPS) is 21.6. The summed E-state index contributed by atoms with van der Waals surface area (Å²) in [5.41, 5.74) is 1.99. The van der Waals surface area contributed by atoms with E-state index in [1.807, 2.05) is 43.9 Å². The van der Waals surface area contributed by atoms with Crippen molar-refractivity contribution in [1.82, 2.24) is 14.4 Å². The molecule has 0 aliphatic carbocycles. The van der Waals surface area contributed by atoms with Crippen molar-refractivity contribution in [2.45, 2.75) is 58.8 Å². The van der Waals surface area contributed by atoms with E-state index in [4.69, 9.17) is 9.15 Å². The summed E-state index contributed by atoms with van der Waals surface area (Å²) in [5.74, 6) is -0.352. The SMILES string of the molecule is C[C@H]1[C@H](C)N(C(=O)OC(C)(C)C)CCN1Cc1ccc2c(c1)oc(=O)n2C. The molecule has 0 unspecified atom stereocenters. The lowest BCUT2D eigenvalue weighted by Gasteiger charge is -2.45. The second-order valence-electron chi connectivity index (χ2n) is 8.35. The van der Waals surface area contributed by atoms with Gasteiger partial charge in [-0.15, -0.1) is 0 Å². The molecule has 3 rings (SSSR count). The van der Waals surface area contributed by atoms with Gasteiger partial charge in [0, 0.05) is 38.8 Å². The molecule has 2 aromatic rings. The van der Waals surface area contributed by atoms with E-state index in [9.17, 15) is 9.59 Å². The van der Waals surface area contributed by atoms with Gasteiger partial charge >= 0.3 is 11.8 Å². The molecule has 0 spiro atoms. The molecule has 1 aliphatic rings. The fraction of sp³-hybridized carbons (Fsp3) is 0.600. The number of nitrogens with zero attached hydrogens (tertiary/aromatic N) is 3. The van der Waals surface area contributed by atoms with Crippen LogP contribution in [0.4, 0.5) is 4.79 Å². The lowest BCUT2D eigenvalue weighted by molar-refractivity contribution is -0.0144. The second kappa shape index (κ2) is 7.03. The summed E-state index contributed by atoms with van der Waals surface area (Å²) in [7, 11) is 1.70. The Balaban J connectivity index is 1.71. The number of rotatable bonds is 2. The Labute approximate surface area is 159 Å². The highest BCUT2D eigenvalue weighted by atomic mass is 16.6. The van der Waals surface area contributed by atoms with Crippen LogP contribution in [0.1, 0.15) is 40.2 Å². The topological polar surface area (TPSA) is 67.9 Å². The van der Waals surface area contributed by atoms with Crippen LogP contribution in [0.15, 0.2) is 27.4 Å². The molecular formula is C20H29N3O4. The minimum Gasteiger partial charge on any atom is -0.444 e. The first-order valence-electron chi connectivity index (χ1n) is 9.39. The molecule has 2 heterocycles. The van der Waals surface area contributed by atoms with Crippen LogP contribution in [0.3, 0.4) is 0 Å². The predicted molar refractivity (Wildman–Crippen MR) is 104 cm³/mol. The van der Waals surface area contributed by atoms with Crippen LogP contribution in [-0.2, 0) is 18.3 Å². The molecule has 0 N–H and O–H groups in total. The number of hydrogen-bond acceptors (Lipinski definition) is 5. The number of carbonyl (C=O) groups excluding carboxylic acids is 1. The third kappa shape index (κ3) is 4.03. The summed E-state index contributed by atoms with van der Waals surface area (Å²) >= 11 is 0. The Hall–Kier alpha value is -2.28. The van der Waals surface area contributed by atoms with Crippen molar-refractivity contribution in [3.05, 3.63) is 34.3 Å². The van der Waals surface area contributed by atoms with E-state index in [2.05, 4.69) is 18.7 Å². The fourth-order valence-corrected chi connectivity index (χ4v) is 3.52. The van der Waals surface area contributed by atoms with Crippen molar-refractivity contribution in [2.75, 3.05) is 13.1 Å². The maximum Gasteiger partial charge on any atom is 0.419 e. The maximum absolute atomic E-state index is 12.5. The number of hydrogen-bond donors (Lipinski definition) is 0. The summed E-state index contributed by atoms with van der Waals surface area (Å²) in [6.07, 6.45) is -0.256. The second-order valence-corrected chi connectivity index (χ2v) is 8.35. The van der Waals surface area contributed by atoms with E-state index < -0.39 is 5.60 Å². The van der Waals surface area contributed by atoms with Crippen molar-refractivity contribution < 1.29 is 13.9 Å². The number of carbonyl (C=O) groups is 1. The molecule has 1 aliphatic heterocycles. The molecule has 0 radical (unpaired) electrons. The first-order chi connectivity index (χ1) is 12.6. The smallest absolute Gasteiger partial charge is 0.419 e. The van der Waals surface area contributed by atoms with Gasteiger partial charge in [0.05, 0.1) is 5.52 Å². The summed E-state index contributed by atoms with van der Waals surface area (Å²) in [6, 6.07) is 6.10. The molecule has 27 heavy (non-hydrogen) atoms. The molecule has 7 heteroatoms. The quantitative estimate of drug-likeness (QED) is 0.807. The number of oxazole rings is 1. The minimum atomic E-state index is -0.494. The molecule has 1 aromatic heterocycles. The zero-order valence-corrected chi connectivity index (χ0v) is 17.0. The molecule has 1 amide bonds. The Morgan fingerprint density at radius 1 is 1.22 bits per heavy atom. The van der Waals surface area contributed by atoms with E-state index in [-0.39, 0.29) is 23.9 Å². The number of aryl methyl sites for hydroxylation is 1. The van der Waals surface area contributed by atoms with Crippen LogP contribution in [0.25, 0.3) is 11.1 Å². The van der Waals surface area contributed by atoms with Gasteiger partial charge in [-0.3, -0.25) is 9.47 Å². The summed E-state index contributed by atoms with van der Waals surface area (Å²) in [6.45, 7) is 12.0. The molecule has 7 nitrogen and oxygen atoms in total. The summed E-state index contributed by atoms with van der Waals surface area (Å²) < 4.78 is 12.3. The van der Waals surface area contributed by atoms with Gasteiger partial charge in [-0.2, -0.15) is 0 Å². The Morgan fingerprint density at radius 3 is 2.59 bits per heavy atom. The fourth-order valence-electron chi connectivity index (χ4n) is 3.52. The maximum atomic E-state index is 12.5. The third-order valence-electron chi connectivity index (χ3n) is 5.26. The number of piperazine rings is 1. The molecule has 0 saturated carbocycles. The van der Waals surface area contributed by atoms with Crippen molar-refractivity contribution >= 4 is 17.2 Å². The van der Waals surface area contributed by atoms with Crippen LogP contribution in [0.2, 0.25) is 0 Å². The third-order valence-corrected chi connectivity index (χ3v) is 5.26. The summed E-state index contributed by atoms with van der Waals surface area (Å²) in [4.78, 5) is 28.3. The van der Waals surface area contributed by atoms with Crippen LogP contribution < -0.4 is 5.76 Å². The number of ether oxygens (including phenoxy) is 1. The van der Waals surface area contributed by atoms with E-state index in [0.29, 0.717) is 12.1 Å². The number of fused-ring (bicyclic) bond motifs is 1. The lowest BCUT2D eigenvalue weighted by Crippen LogP contribution is -2.59. The number of aromatic nitrogens is 1. The van der Waals surface area contributed by atoms with E-state index in [1.54, 1.807) is 7.05 Å².